The molecule has 0 unspecified atom stereocenters. The van der Waals surface area contributed by atoms with Crippen LogP contribution in [0.25, 0.3) is 11.1 Å². The quantitative estimate of drug-likeness (QED) is 0.472. The van der Waals surface area contributed by atoms with Gasteiger partial charge in [0, 0.05) is 0 Å². The topological polar surface area (TPSA) is 0 Å². The van der Waals surface area contributed by atoms with E-state index in [1.54, 1.807) is 12.1 Å². The second kappa shape index (κ2) is 7.30. The molecular formula is C19H16Cl2Zr. The Balaban J connectivity index is 0.000000882. The van der Waals surface area contributed by atoms with E-state index in [4.69, 9.17) is 0 Å². The van der Waals surface area contributed by atoms with Crippen LogP contribution in [-0.2, 0) is 29.7 Å². The van der Waals surface area contributed by atoms with Gasteiger partial charge in [0.05, 0.1) is 0 Å². The number of rotatable bonds is 2. The first-order valence-electron chi connectivity index (χ1n) is 7.16. The molecule has 22 heavy (non-hydrogen) atoms. The summed E-state index contributed by atoms with van der Waals surface area (Å²) in [6, 6.07) is 15.8. The molecule has 4 rings (SSSR count). The van der Waals surface area contributed by atoms with Gasteiger partial charge >= 0.3 is 132 Å². The maximum atomic E-state index is 2.38. The van der Waals surface area contributed by atoms with E-state index in [2.05, 4.69) is 61.5 Å². The fraction of sp³-hybridized carbons (Fsp3) is 0.158. The zero-order chi connectivity index (χ0) is 13.5. The summed E-state index contributed by atoms with van der Waals surface area (Å²) in [5, 5.41) is 0. The molecule has 0 aliphatic heterocycles. The Morgan fingerprint density at radius 1 is 0.909 bits per heavy atom. The molecule has 3 heteroatoms. The molecule has 0 bridgehead atoms. The van der Waals surface area contributed by atoms with Gasteiger partial charge in [0.15, 0.2) is 0 Å². The summed E-state index contributed by atoms with van der Waals surface area (Å²) in [5.41, 5.74) is 7.60. The molecule has 0 nitrogen and oxygen atoms in total. The van der Waals surface area contributed by atoms with Gasteiger partial charge in [-0.05, 0) is 0 Å². The van der Waals surface area contributed by atoms with Gasteiger partial charge in [-0.3, -0.25) is 0 Å². The van der Waals surface area contributed by atoms with Gasteiger partial charge in [0.1, 0.15) is 0 Å². The van der Waals surface area contributed by atoms with E-state index in [9.17, 15) is 0 Å². The summed E-state index contributed by atoms with van der Waals surface area (Å²) in [4.78, 5) is 0. The first-order chi connectivity index (χ1) is 9.83. The standard InChI is InChI=1S/C13H9.C6H7.2ClH.Zr/c1-3-7-12-10(5-1)9-11-6-2-4-8-13(11)12;1-6-4-2-3-5-6;;;/h1-5,7-8H,9H2;2,4H,3H2,1H3;2*1H;/q;;;;+2/p-2. The molecule has 0 heterocycles. The van der Waals surface area contributed by atoms with E-state index in [1.165, 1.54) is 28.7 Å². The van der Waals surface area contributed by atoms with Crippen LogP contribution < -0.4 is 28.1 Å². The van der Waals surface area contributed by atoms with Crippen molar-refractivity contribution in [3.63, 3.8) is 0 Å². The van der Waals surface area contributed by atoms with Gasteiger partial charge in [-0.1, -0.05) is 0 Å². The third-order valence-electron chi connectivity index (χ3n) is 4.30. The van der Waals surface area contributed by atoms with E-state index in [-0.39, 0.29) is 24.8 Å². The van der Waals surface area contributed by atoms with E-state index < -0.39 is 23.2 Å². The monoisotopic (exact) mass is 404 g/mol. The summed E-state index contributed by atoms with van der Waals surface area (Å²) in [5.74, 6) is 0. The SMILES string of the molecule is CC1=[C]([Zr+2][c]2cccc3c2Cc2ccccc2-3)CC=C1.[Cl-].[Cl-]. The molecule has 0 saturated heterocycles. The Hall–Kier alpha value is -0.617. The third kappa shape index (κ3) is 3.04. The van der Waals surface area contributed by atoms with E-state index in [1.807, 2.05) is 0 Å². The second-order valence-corrected chi connectivity index (χ2v) is 8.98. The maximum absolute atomic E-state index is 2.38. The van der Waals surface area contributed by atoms with E-state index in [0.717, 1.165) is 6.42 Å². The van der Waals surface area contributed by atoms with Gasteiger partial charge < -0.3 is 24.8 Å². The normalized spacial score (nSPS) is 13.9. The molecule has 2 aromatic rings. The van der Waals surface area contributed by atoms with Crippen LogP contribution in [0.4, 0.5) is 0 Å². The zero-order valence-electron chi connectivity index (χ0n) is 12.4. The Kier molecular flexibility index (Phi) is 5.89. The second-order valence-electron chi connectivity index (χ2n) is 5.56. The van der Waals surface area contributed by atoms with Crippen molar-refractivity contribution in [1.82, 2.24) is 0 Å². The predicted molar refractivity (Wildman–Crippen MR) is 80.8 cm³/mol. The van der Waals surface area contributed by atoms with Gasteiger partial charge in [0.2, 0.25) is 0 Å². The number of fused-ring (bicyclic) bond motifs is 3. The van der Waals surface area contributed by atoms with Crippen molar-refractivity contribution in [3.05, 3.63) is 74.6 Å². The van der Waals surface area contributed by atoms with Crippen molar-refractivity contribution in [2.24, 2.45) is 0 Å². The van der Waals surface area contributed by atoms with Crippen molar-refractivity contribution < 1.29 is 48.0 Å². The summed E-state index contributed by atoms with van der Waals surface area (Å²) in [6.07, 6.45) is 6.97. The molecule has 0 saturated carbocycles. The van der Waals surface area contributed by atoms with Crippen molar-refractivity contribution in [3.8, 4) is 11.1 Å². The van der Waals surface area contributed by atoms with Crippen LogP contribution in [0.1, 0.15) is 24.5 Å². The summed E-state index contributed by atoms with van der Waals surface area (Å²) in [6.45, 7) is 2.28. The molecule has 110 valence electrons. The number of allylic oxidation sites excluding steroid dienone is 4. The van der Waals surface area contributed by atoms with Crippen LogP contribution in [0.3, 0.4) is 0 Å². The smallest absolute Gasteiger partial charge is 1.00 e. The molecule has 2 aliphatic rings. The summed E-state index contributed by atoms with van der Waals surface area (Å²) < 4.78 is 3.43. The van der Waals surface area contributed by atoms with Crippen LogP contribution in [0.15, 0.2) is 63.5 Å². The Morgan fingerprint density at radius 2 is 1.68 bits per heavy atom. The summed E-state index contributed by atoms with van der Waals surface area (Å²) in [7, 11) is 0. The predicted octanol–water partition coefficient (Wildman–Crippen LogP) is -1.79. The van der Waals surface area contributed by atoms with Crippen LogP contribution in [0.5, 0.6) is 0 Å². The van der Waals surface area contributed by atoms with Gasteiger partial charge in [-0.15, -0.1) is 0 Å². The largest absolute Gasteiger partial charge is 1.00 e. The zero-order valence-corrected chi connectivity index (χ0v) is 16.3. The van der Waals surface area contributed by atoms with Crippen LogP contribution in [0, 0.1) is 0 Å². The van der Waals surface area contributed by atoms with Crippen molar-refractivity contribution in [2.45, 2.75) is 19.8 Å². The third-order valence-corrected chi connectivity index (χ3v) is 8.33. The van der Waals surface area contributed by atoms with Gasteiger partial charge in [-0.25, -0.2) is 0 Å². The Bertz CT molecular complexity index is 760. The molecule has 0 atom stereocenters. The maximum Gasteiger partial charge on any atom is -1.00 e. The minimum Gasteiger partial charge on any atom is -1.00 e. The molecule has 0 radical (unpaired) electrons. The molecule has 2 aromatic carbocycles. The fourth-order valence-electron chi connectivity index (χ4n) is 3.20. The molecular weight excluding hydrogens is 390 g/mol. The fourth-order valence-corrected chi connectivity index (χ4v) is 6.59. The Labute approximate surface area is 156 Å². The van der Waals surface area contributed by atoms with E-state index >= 15 is 0 Å². The molecule has 0 N–H and O–H groups in total. The van der Waals surface area contributed by atoms with Gasteiger partial charge in [0.25, 0.3) is 0 Å². The van der Waals surface area contributed by atoms with Crippen LogP contribution in [-0.4, -0.2) is 0 Å². The van der Waals surface area contributed by atoms with Crippen molar-refractivity contribution >= 4 is 3.27 Å². The Morgan fingerprint density at radius 3 is 2.45 bits per heavy atom. The first-order valence-corrected chi connectivity index (χ1v) is 9.62. The number of hydrogen-bond acceptors (Lipinski definition) is 0. The number of halogens is 2. The van der Waals surface area contributed by atoms with Crippen LogP contribution >= 0.6 is 0 Å². The number of benzene rings is 2. The van der Waals surface area contributed by atoms with Gasteiger partial charge in [-0.2, -0.15) is 0 Å². The molecule has 0 spiro atoms. The van der Waals surface area contributed by atoms with E-state index in [0.29, 0.717) is 0 Å². The molecule has 0 amide bonds. The van der Waals surface area contributed by atoms with Crippen molar-refractivity contribution in [1.29, 1.82) is 0 Å². The molecule has 2 aliphatic carbocycles. The minimum atomic E-state index is -0.617. The first kappa shape index (κ1) is 17.7. The summed E-state index contributed by atoms with van der Waals surface area (Å²) >= 11 is -0.617. The molecule has 0 aromatic heterocycles. The average Bonchev–Trinajstić information content (AvgIpc) is 3.04. The molecule has 0 fully saturated rings. The van der Waals surface area contributed by atoms with Crippen LogP contribution in [0.2, 0.25) is 0 Å². The number of hydrogen-bond donors (Lipinski definition) is 0. The average molecular weight is 406 g/mol. The minimum absolute atomic E-state index is 0. The van der Waals surface area contributed by atoms with Crippen molar-refractivity contribution in [2.75, 3.05) is 0 Å².